The average molecular weight is 275 g/mol. The topological polar surface area (TPSA) is 20.3 Å². The third kappa shape index (κ3) is 2.02. The van der Waals surface area contributed by atoms with Crippen molar-refractivity contribution in [3.8, 4) is 0 Å². The monoisotopic (exact) mass is 275 g/mol. The second-order valence-corrected chi connectivity index (χ2v) is 8.76. The highest BCUT2D eigenvalue weighted by molar-refractivity contribution is 5.83. The highest BCUT2D eigenvalue weighted by Crippen LogP contribution is 2.65. The van der Waals surface area contributed by atoms with Crippen LogP contribution in [0.3, 0.4) is 0 Å². The molecule has 4 aliphatic carbocycles. The summed E-state index contributed by atoms with van der Waals surface area (Å²) in [5.74, 6) is 2.27. The lowest BCUT2D eigenvalue weighted by atomic mass is 9.44. The van der Waals surface area contributed by atoms with Gasteiger partial charge in [-0.3, -0.25) is 4.79 Å². The lowest BCUT2D eigenvalue weighted by Crippen LogP contribution is -2.57. The van der Waals surface area contributed by atoms with Gasteiger partial charge in [0.2, 0.25) is 5.91 Å². The van der Waals surface area contributed by atoms with Crippen LogP contribution in [0.1, 0.15) is 71.1 Å². The molecule has 112 valence electrons. The highest BCUT2D eigenvalue weighted by Gasteiger charge is 2.59. The Morgan fingerprint density at radius 2 is 1.55 bits per heavy atom. The summed E-state index contributed by atoms with van der Waals surface area (Å²) in [6, 6.07) is 0. The minimum absolute atomic E-state index is 0.0587. The molecule has 1 aliphatic heterocycles. The Bertz CT molecular complexity index is 394. The Morgan fingerprint density at radius 3 is 2.10 bits per heavy atom. The van der Waals surface area contributed by atoms with E-state index in [9.17, 15) is 4.79 Å². The number of hydrogen-bond acceptors (Lipinski definition) is 1. The van der Waals surface area contributed by atoms with Crippen molar-refractivity contribution in [3.63, 3.8) is 0 Å². The van der Waals surface area contributed by atoms with Crippen LogP contribution in [0, 0.1) is 22.7 Å². The van der Waals surface area contributed by atoms with Gasteiger partial charge < -0.3 is 4.90 Å². The Hall–Kier alpha value is -0.530. The number of likely N-dealkylation sites (tertiary alicyclic amines) is 1. The van der Waals surface area contributed by atoms with Crippen molar-refractivity contribution in [2.24, 2.45) is 22.7 Å². The van der Waals surface area contributed by atoms with Gasteiger partial charge in [0.05, 0.1) is 5.41 Å². The van der Waals surface area contributed by atoms with Crippen LogP contribution in [0.25, 0.3) is 0 Å². The van der Waals surface area contributed by atoms with Gasteiger partial charge in [0, 0.05) is 13.1 Å². The van der Waals surface area contributed by atoms with Gasteiger partial charge in [0.1, 0.15) is 0 Å². The number of amides is 1. The van der Waals surface area contributed by atoms with Gasteiger partial charge in [0.15, 0.2) is 0 Å². The van der Waals surface area contributed by atoms with E-state index < -0.39 is 0 Å². The SMILES string of the molecule is CC12CC3CC(C1)CC(C(=O)N1CCCCCC1)(C3)C2. The standard InChI is InChI=1S/C18H29NO/c1-17-9-14-8-15(10-17)12-18(11-14,13-17)16(20)19-6-4-2-3-5-7-19/h14-15H,2-13H2,1H3. The van der Waals surface area contributed by atoms with Gasteiger partial charge >= 0.3 is 0 Å². The molecule has 0 spiro atoms. The van der Waals surface area contributed by atoms with Gasteiger partial charge in [-0.2, -0.15) is 0 Å². The van der Waals surface area contributed by atoms with Crippen LogP contribution in [0.5, 0.6) is 0 Å². The second-order valence-electron chi connectivity index (χ2n) is 8.76. The van der Waals surface area contributed by atoms with Crippen LogP contribution in [0.4, 0.5) is 0 Å². The van der Waals surface area contributed by atoms with E-state index in [0.717, 1.165) is 24.9 Å². The molecule has 2 atom stereocenters. The van der Waals surface area contributed by atoms with Crippen molar-refractivity contribution < 1.29 is 4.79 Å². The minimum Gasteiger partial charge on any atom is -0.342 e. The summed E-state index contributed by atoms with van der Waals surface area (Å²) in [7, 11) is 0. The third-order valence-corrected chi connectivity index (χ3v) is 6.70. The molecule has 0 radical (unpaired) electrons. The van der Waals surface area contributed by atoms with E-state index in [1.807, 2.05) is 0 Å². The molecule has 20 heavy (non-hydrogen) atoms. The van der Waals surface area contributed by atoms with Gasteiger partial charge in [0.25, 0.3) is 0 Å². The average Bonchev–Trinajstić information content (AvgIpc) is 2.63. The summed E-state index contributed by atoms with van der Waals surface area (Å²) < 4.78 is 0. The first-order valence-electron chi connectivity index (χ1n) is 8.88. The molecule has 5 rings (SSSR count). The van der Waals surface area contributed by atoms with Crippen LogP contribution in [0.15, 0.2) is 0 Å². The van der Waals surface area contributed by atoms with Crippen LogP contribution in [-0.2, 0) is 4.79 Å². The van der Waals surface area contributed by atoms with Gasteiger partial charge in [-0.05, 0) is 68.6 Å². The molecule has 2 heteroatoms. The predicted octanol–water partition coefficient (Wildman–Crippen LogP) is 4.00. The molecule has 0 N–H and O–H groups in total. The molecular formula is C18H29NO. The molecule has 4 saturated carbocycles. The molecule has 0 aromatic carbocycles. The molecule has 0 aromatic heterocycles. The highest BCUT2D eigenvalue weighted by atomic mass is 16.2. The molecule has 2 nitrogen and oxygen atoms in total. The minimum atomic E-state index is 0.0587. The van der Waals surface area contributed by atoms with Gasteiger partial charge in [-0.25, -0.2) is 0 Å². The van der Waals surface area contributed by atoms with E-state index in [1.165, 1.54) is 64.2 Å². The molecule has 1 saturated heterocycles. The molecule has 0 aromatic rings. The predicted molar refractivity (Wildman–Crippen MR) is 80.3 cm³/mol. The largest absolute Gasteiger partial charge is 0.342 e. The summed E-state index contributed by atoms with van der Waals surface area (Å²) in [6.07, 6.45) is 12.9. The first-order valence-corrected chi connectivity index (χ1v) is 8.88. The van der Waals surface area contributed by atoms with E-state index in [4.69, 9.17) is 0 Å². The zero-order valence-corrected chi connectivity index (χ0v) is 13.0. The molecule has 1 heterocycles. The van der Waals surface area contributed by atoms with E-state index in [2.05, 4.69) is 11.8 Å². The number of nitrogens with zero attached hydrogens (tertiary/aromatic N) is 1. The first kappa shape index (κ1) is 13.2. The number of rotatable bonds is 1. The van der Waals surface area contributed by atoms with Crippen molar-refractivity contribution >= 4 is 5.91 Å². The van der Waals surface area contributed by atoms with Crippen LogP contribution in [-0.4, -0.2) is 23.9 Å². The molecule has 5 fully saturated rings. The fourth-order valence-corrected chi connectivity index (χ4v) is 6.58. The lowest BCUT2D eigenvalue weighted by molar-refractivity contribution is -0.166. The normalized spacial score (nSPS) is 47.4. The van der Waals surface area contributed by atoms with Crippen molar-refractivity contribution in [2.45, 2.75) is 71.1 Å². The fourth-order valence-electron chi connectivity index (χ4n) is 6.58. The fraction of sp³-hybridized carbons (Fsp3) is 0.944. The zero-order chi connectivity index (χ0) is 13.8. The second kappa shape index (κ2) is 4.48. The summed E-state index contributed by atoms with van der Waals surface area (Å²) in [6.45, 7) is 4.54. The molecule has 4 bridgehead atoms. The Morgan fingerprint density at radius 1 is 0.950 bits per heavy atom. The molecule has 2 unspecified atom stereocenters. The summed E-state index contributed by atoms with van der Waals surface area (Å²) in [5.41, 5.74) is 0.550. The van der Waals surface area contributed by atoms with E-state index >= 15 is 0 Å². The molecule has 5 aliphatic rings. The van der Waals surface area contributed by atoms with Crippen molar-refractivity contribution in [2.75, 3.05) is 13.1 Å². The van der Waals surface area contributed by atoms with Gasteiger partial charge in [-0.1, -0.05) is 19.8 Å². The number of carbonyl (C=O) groups is 1. The van der Waals surface area contributed by atoms with Crippen LogP contribution >= 0.6 is 0 Å². The quantitative estimate of drug-likeness (QED) is 0.708. The van der Waals surface area contributed by atoms with Crippen molar-refractivity contribution in [3.05, 3.63) is 0 Å². The third-order valence-electron chi connectivity index (χ3n) is 6.70. The van der Waals surface area contributed by atoms with Crippen molar-refractivity contribution in [1.82, 2.24) is 4.90 Å². The van der Waals surface area contributed by atoms with E-state index in [1.54, 1.807) is 0 Å². The zero-order valence-electron chi connectivity index (χ0n) is 13.0. The first-order chi connectivity index (χ1) is 9.59. The maximum atomic E-state index is 13.3. The maximum absolute atomic E-state index is 13.3. The summed E-state index contributed by atoms with van der Waals surface area (Å²) in [5, 5.41) is 0. The number of hydrogen-bond donors (Lipinski definition) is 0. The lowest BCUT2D eigenvalue weighted by Gasteiger charge is -2.61. The van der Waals surface area contributed by atoms with Crippen LogP contribution < -0.4 is 0 Å². The van der Waals surface area contributed by atoms with Crippen LogP contribution in [0.2, 0.25) is 0 Å². The summed E-state index contributed by atoms with van der Waals surface area (Å²) in [4.78, 5) is 15.5. The Balaban J connectivity index is 1.58. The summed E-state index contributed by atoms with van der Waals surface area (Å²) >= 11 is 0. The number of carbonyl (C=O) groups excluding carboxylic acids is 1. The van der Waals surface area contributed by atoms with E-state index in [-0.39, 0.29) is 5.41 Å². The Kier molecular flexibility index (Phi) is 2.95. The molecule has 1 amide bonds. The van der Waals surface area contributed by atoms with Crippen molar-refractivity contribution in [1.29, 1.82) is 0 Å². The Labute approximate surface area is 123 Å². The molecular weight excluding hydrogens is 246 g/mol. The smallest absolute Gasteiger partial charge is 0.228 e. The maximum Gasteiger partial charge on any atom is 0.228 e. The van der Waals surface area contributed by atoms with Gasteiger partial charge in [-0.15, -0.1) is 0 Å². The van der Waals surface area contributed by atoms with E-state index in [0.29, 0.717) is 11.3 Å².